The minimum Gasteiger partial charge on any atom is -0.453 e. The number of Topliss-reactive ketones (excluding diaryl/α,β-unsaturated/α-hetero) is 1. The molecule has 33 heavy (non-hydrogen) atoms. The Balaban J connectivity index is 2.29. The third-order valence-electron chi connectivity index (χ3n) is 4.76. The number of nitrogens with zero attached hydrogens (tertiary/aromatic N) is 2. The zero-order chi connectivity index (χ0) is 25.2. The van der Waals surface area contributed by atoms with Crippen molar-refractivity contribution in [3.05, 3.63) is 55.7 Å². The van der Waals surface area contributed by atoms with Crippen molar-refractivity contribution in [2.45, 2.75) is 37.0 Å². The number of sulfonamides is 1. The van der Waals surface area contributed by atoms with Crippen LogP contribution in [0.1, 0.15) is 24.2 Å². The number of hydrogen-bond acceptors (Lipinski definition) is 9. The van der Waals surface area contributed by atoms with Gasteiger partial charge >= 0.3 is 11.7 Å². The van der Waals surface area contributed by atoms with Gasteiger partial charge in [-0.25, -0.2) is 13.2 Å². The van der Waals surface area contributed by atoms with E-state index in [9.17, 15) is 32.7 Å². The lowest BCUT2D eigenvalue weighted by molar-refractivity contribution is -0.150. The first-order chi connectivity index (χ1) is 15.2. The van der Waals surface area contributed by atoms with E-state index in [1.165, 1.54) is 31.3 Å². The number of carbonyl (C=O) groups is 2. The smallest absolute Gasteiger partial charge is 0.332 e. The molecule has 0 spiro atoms. The van der Waals surface area contributed by atoms with Gasteiger partial charge in [0.05, 0.1) is 11.0 Å². The van der Waals surface area contributed by atoms with Crippen LogP contribution in [0.15, 0.2) is 38.8 Å². The Kier molecular flexibility index (Phi) is 7.85. The summed E-state index contributed by atoms with van der Waals surface area (Å²) in [6.07, 6.45) is -3.14. The highest BCUT2D eigenvalue weighted by molar-refractivity contribution is 7.89. The standard InChI is InChI=1S/C19H23ClN4O8S/c1-9(25)14(22-33(30,31)12-7-5-11(20)6-8-12)18(28)32-10(2)15(26)13-16(21)23(3)19(29)24(4)17(13)27/h5-10,14,22,25H,21H2,1-4H3. The summed E-state index contributed by atoms with van der Waals surface area (Å²) in [5.41, 5.74) is 3.42. The average Bonchev–Trinajstić information content (AvgIpc) is 2.74. The largest absolute Gasteiger partial charge is 0.453 e. The molecular formula is C19H23ClN4O8S. The summed E-state index contributed by atoms with van der Waals surface area (Å²) in [5, 5.41) is 10.2. The lowest BCUT2D eigenvalue weighted by Gasteiger charge is -2.22. The maximum Gasteiger partial charge on any atom is 0.332 e. The number of nitrogens with two attached hydrogens (primary N) is 1. The van der Waals surface area contributed by atoms with Crippen LogP contribution in [0.3, 0.4) is 0 Å². The normalized spacial score (nSPS) is 14.4. The van der Waals surface area contributed by atoms with Gasteiger partial charge in [0.1, 0.15) is 17.4 Å². The predicted octanol–water partition coefficient (Wildman–Crippen LogP) is -0.838. The van der Waals surface area contributed by atoms with Crippen molar-refractivity contribution < 1.29 is 27.9 Å². The Labute approximate surface area is 193 Å². The second kappa shape index (κ2) is 9.87. The molecular weight excluding hydrogens is 480 g/mol. The van der Waals surface area contributed by atoms with E-state index in [1.807, 2.05) is 4.72 Å². The molecule has 2 rings (SSSR count). The van der Waals surface area contributed by atoms with E-state index in [4.69, 9.17) is 22.1 Å². The number of nitrogen functional groups attached to an aromatic ring is 1. The minimum atomic E-state index is -4.27. The molecule has 12 nitrogen and oxygen atoms in total. The van der Waals surface area contributed by atoms with Crippen LogP contribution in [-0.2, 0) is 33.7 Å². The molecule has 0 aliphatic heterocycles. The maximum atomic E-state index is 12.8. The van der Waals surface area contributed by atoms with Crippen molar-refractivity contribution in [2.75, 3.05) is 5.73 Å². The molecule has 0 saturated heterocycles. The summed E-state index contributed by atoms with van der Waals surface area (Å²) in [6, 6.07) is 3.26. The van der Waals surface area contributed by atoms with Crippen LogP contribution in [-0.4, -0.2) is 52.7 Å². The molecule has 0 amide bonds. The average molecular weight is 503 g/mol. The minimum absolute atomic E-state index is 0.226. The van der Waals surface area contributed by atoms with Crippen LogP contribution < -0.4 is 21.7 Å². The lowest BCUT2D eigenvalue weighted by Crippen LogP contribution is -2.50. The van der Waals surface area contributed by atoms with Gasteiger partial charge in [-0.05, 0) is 38.1 Å². The van der Waals surface area contributed by atoms with E-state index < -0.39 is 62.7 Å². The van der Waals surface area contributed by atoms with Gasteiger partial charge in [-0.3, -0.25) is 23.5 Å². The van der Waals surface area contributed by atoms with Crippen molar-refractivity contribution >= 4 is 39.2 Å². The Morgan fingerprint density at radius 1 is 1.12 bits per heavy atom. The molecule has 0 radical (unpaired) electrons. The molecule has 0 aliphatic carbocycles. The first-order valence-electron chi connectivity index (χ1n) is 9.45. The SMILES string of the molecule is CC(OC(=O)C(NS(=O)(=O)c1ccc(Cl)cc1)C(C)O)C(=O)c1c(N)n(C)c(=O)n(C)c1=O. The van der Waals surface area contributed by atoms with Gasteiger partial charge in [-0.1, -0.05) is 11.6 Å². The van der Waals surface area contributed by atoms with Crippen LogP contribution in [0, 0.1) is 0 Å². The summed E-state index contributed by atoms with van der Waals surface area (Å²) in [6.45, 7) is 2.28. The van der Waals surface area contributed by atoms with Gasteiger partial charge in [0.25, 0.3) is 5.56 Å². The quantitative estimate of drug-likeness (QED) is 0.306. The molecule has 2 aromatic rings. The number of halogens is 1. The van der Waals surface area contributed by atoms with Gasteiger partial charge in [-0.2, -0.15) is 4.72 Å². The zero-order valence-electron chi connectivity index (χ0n) is 18.1. The summed E-state index contributed by atoms with van der Waals surface area (Å²) in [5.74, 6) is -2.71. The highest BCUT2D eigenvalue weighted by Gasteiger charge is 2.34. The molecule has 180 valence electrons. The molecule has 0 fully saturated rings. The predicted molar refractivity (Wildman–Crippen MR) is 118 cm³/mol. The van der Waals surface area contributed by atoms with Crippen molar-refractivity contribution in [1.29, 1.82) is 0 Å². The molecule has 0 saturated carbocycles. The first-order valence-corrected chi connectivity index (χ1v) is 11.3. The highest BCUT2D eigenvalue weighted by atomic mass is 35.5. The number of ether oxygens (including phenoxy) is 1. The van der Waals surface area contributed by atoms with Crippen LogP contribution in [0.2, 0.25) is 5.02 Å². The molecule has 0 aliphatic rings. The third kappa shape index (κ3) is 5.50. The van der Waals surface area contributed by atoms with Gasteiger partial charge in [0.15, 0.2) is 6.10 Å². The van der Waals surface area contributed by atoms with Crippen molar-refractivity contribution in [3.63, 3.8) is 0 Å². The summed E-state index contributed by atoms with van der Waals surface area (Å²) in [4.78, 5) is 49.4. The van der Waals surface area contributed by atoms with E-state index in [-0.39, 0.29) is 9.92 Å². The number of benzene rings is 1. The molecule has 14 heteroatoms. The number of esters is 1. The fourth-order valence-electron chi connectivity index (χ4n) is 2.79. The van der Waals surface area contributed by atoms with Crippen molar-refractivity contribution in [1.82, 2.24) is 13.9 Å². The maximum absolute atomic E-state index is 12.8. The number of ketones is 1. The molecule has 1 aromatic carbocycles. The van der Waals surface area contributed by atoms with E-state index in [0.29, 0.717) is 4.57 Å². The van der Waals surface area contributed by atoms with Crippen LogP contribution in [0.25, 0.3) is 0 Å². The van der Waals surface area contributed by atoms with Crippen LogP contribution in [0.5, 0.6) is 0 Å². The fourth-order valence-corrected chi connectivity index (χ4v) is 4.17. The van der Waals surface area contributed by atoms with Crippen molar-refractivity contribution in [2.24, 2.45) is 14.1 Å². The number of hydrogen-bond donors (Lipinski definition) is 3. The van der Waals surface area contributed by atoms with Crippen molar-refractivity contribution in [3.8, 4) is 0 Å². The first kappa shape index (κ1) is 26.3. The Morgan fingerprint density at radius 3 is 2.18 bits per heavy atom. The molecule has 1 aromatic heterocycles. The summed E-state index contributed by atoms with van der Waals surface area (Å²) in [7, 11) is -1.87. The molecule has 1 heterocycles. The fraction of sp³-hybridized carbons (Fsp3) is 0.368. The second-order valence-electron chi connectivity index (χ2n) is 7.20. The zero-order valence-corrected chi connectivity index (χ0v) is 19.7. The Bertz CT molecular complexity index is 1300. The number of aromatic nitrogens is 2. The topological polar surface area (TPSA) is 180 Å². The third-order valence-corrected chi connectivity index (χ3v) is 6.47. The van der Waals surface area contributed by atoms with E-state index in [2.05, 4.69) is 0 Å². The van der Waals surface area contributed by atoms with Gasteiger partial charge in [0.2, 0.25) is 15.8 Å². The Morgan fingerprint density at radius 2 is 1.67 bits per heavy atom. The molecule has 0 bridgehead atoms. The number of aliphatic hydroxyl groups excluding tert-OH is 1. The van der Waals surface area contributed by atoms with Crippen LogP contribution in [0.4, 0.5) is 5.82 Å². The number of nitrogens with one attached hydrogen (secondary N) is 1. The molecule has 3 atom stereocenters. The number of aliphatic hydroxyl groups is 1. The number of rotatable bonds is 8. The second-order valence-corrected chi connectivity index (χ2v) is 9.35. The number of anilines is 1. The highest BCUT2D eigenvalue weighted by Crippen LogP contribution is 2.16. The summed E-state index contributed by atoms with van der Waals surface area (Å²) < 4.78 is 33.7. The van der Waals surface area contributed by atoms with Gasteiger partial charge in [0, 0.05) is 19.1 Å². The lowest BCUT2D eigenvalue weighted by atomic mass is 10.1. The van der Waals surface area contributed by atoms with E-state index in [0.717, 1.165) is 25.5 Å². The van der Waals surface area contributed by atoms with E-state index in [1.54, 1.807) is 0 Å². The Hall–Kier alpha value is -3.00. The number of carbonyl (C=O) groups excluding carboxylic acids is 2. The monoisotopic (exact) mass is 502 g/mol. The molecule has 4 N–H and O–H groups in total. The van der Waals surface area contributed by atoms with Gasteiger partial charge in [-0.15, -0.1) is 0 Å². The van der Waals surface area contributed by atoms with E-state index >= 15 is 0 Å². The molecule has 3 unspecified atom stereocenters. The summed E-state index contributed by atoms with van der Waals surface area (Å²) >= 11 is 5.74. The van der Waals surface area contributed by atoms with Crippen LogP contribution >= 0.6 is 11.6 Å². The van der Waals surface area contributed by atoms with Gasteiger partial charge < -0.3 is 15.6 Å².